The van der Waals surface area contributed by atoms with Gasteiger partial charge in [0.1, 0.15) is 5.84 Å². The van der Waals surface area contributed by atoms with Gasteiger partial charge in [-0.2, -0.15) is 0 Å². The number of carbonyl (C=O) groups excluding carboxylic acids is 1. The molecule has 0 aromatic heterocycles. The molecule has 0 heterocycles. The van der Waals surface area contributed by atoms with Crippen LogP contribution >= 0.6 is 0 Å². The fourth-order valence-electron chi connectivity index (χ4n) is 3.24. The summed E-state index contributed by atoms with van der Waals surface area (Å²) in [7, 11) is 0. The van der Waals surface area contributed by atoms with Crippen LogP contribution in [-0.2, 0) is 4.79 Å². The number of aliphatic imine (C=N–C) groups is 1. The maximum atomic E-state index is 12.9. The second-order valence-corrected chi connectivity index (χ2v) is 7.31. The van der Waals surface area contributed by atoms with E-state index in [4.69, 9.17) is 4.99 Å². The first-order valence-electron chi connectivity index (χ1n) is 10.5. The molecule has 0 spiro atoms. The topological polar surface area (TPSA) is 44.7 Å². The van der Waals surface area contributed by atoms with Crippen LogP contribution in [0.3, 0.4) is 0 Å². The quantitative estimate of drug-likeness (QED) is 0.357. The molecule has 0 aliphatic heterocycles. The third kappa shape index (κ3) is 6.05. The molecule has 4 nitrogen and oxygen atoms in total. The van der Waals surface area contributed by atoms with Gasteiger partial charge in [0.25, 0.3) is 0 Å². The molecule has 3 aromatic carbocycles. The Morgan fingerprint density at radius 2 is 1.47 bits per heavy atom. The van der Waals surface area contributed by atoms with E-state index in [1.165, 1.54) is 0 Å². The summed E-state index contributed by atoms with van der Waals surface area (Å²) < 4.78 is 0. The molecule has 3 rings (SSSR count). The lowest BCUT2D eigenvalue weighted by atomic mass is 10.1. The molecule has 1 unspecified atom stereocenters. The lowest BCUT2D eigenvalue weighted by Crippen LogP contribution is -2.38. The van der Waals surface area contributed by atoms with E-state index >= 15 is 0 Å². The van der Waals surface area contributed by atoms with Crippen molar-refractivity contribution >= 4 is 28.8 Å². The molecule has 4 heteroatoms. The highest BCUT2D eigenvalue weighted by Crippen LogP contribution is 2.20. The van der Waals surface area contributed by atoms with E-state index in [9.17, 15) is 4.79 Å². The van der Waals surface area contributed by atoms with Gasteiger partial charge >= 0.3 is 0 Å². The number of carbonyl (C=O) groups is 1. The molecular weight excluding hydrogens is 370 g/mol. The Balaban J connectivity index is 1.89. The summed E-state index contributed by atoms with van der Waals surface area (Å²) in [4.78, 5) is 19.6. The van der Waals surface area contributed by atoms with Gasteiger partial charge in [0.15, 0.2) is 0 Å². The highest BCUT2D eigenvalue weighted by Gasteiger charge is 2.21. The highest BCUT2D eigenvalue weighted by atomic mass is 16.2. The molecular formula is C26H29N3O. The normalized spacial score (nSPS) is 12.3. The molecule has 0 aliphatic carbocycles. The van der Waals surface area contributed by atoms with Gasteiger partial charge in [-0.3, -0.25) is 4.79 Å². The zero-order valence-corrected chi connectivity index (χ0v) is 17.7. The average Bonchev–Trinajstić information content (AvgIpc) is 2.79. The van der Waals surface area contributed by atoms with Crippen molar-refractivity contribution in [2.45, 2.75) is 26.7 Å². The summed E-state index contributed by atoms with van der Waals surface area (Å²) in [6.45, 7) is 4.69. The Kier molecular flexibility index (Phi) is 7.78. The minimum Gasteiger partial charge on any atom is -0.343 e. The van der Waals surface area contributed by atoms with E-state index < -0.39 is 0 Å². The summed E-state index contributed by atoms with van der Waals surface area (Å²) in [5.74, 6) is 0.971. The molecule has 0 saturated carbocycles. The molecule has 30 heavy (non-hydrogen) atoms. The Bertz CT molecular complexity index is 940. The number of amides is 1. The maximum absolute atomic E-state index is 12.9. The number of hydrogen-bond donors (Lipinski definition) is 1. The van der Waals surface area contributed by atoms with Gasteiger partial charge < -0.3 is 10.2 Å². The number of hydrogen-bond acceptors (Lipinski definition) is 2. The number of benzene rings is 3. The molecule has 1 atom stereocenters. The zero-order chi connectivity index (χ0) is 21.2. The zero-order valence-electron chi connectivity index (χ0n) is 17.7. The second kappa shape index (κ2) is 11.0. The number of amidine groups is 1. The monoisotopic (exact) mass is 399 g/mol. The van der Waals surface area contributed by atoms with Crippen LogP contribution in [0.25, 0.3) is 0 Å². The van der Waals surface area contributed by atoms with E-state index in [2.05, 4.69) is 12.2 Å². The van der Waals surface area contributed by atoms with Crippen LogP contribution in [0, 0.1) is 5.92 Å². The third-order valence-electron chi connectivity index (χ3n) is 4.81. The number of para-hydroxylation sites is 3. The van der Waals surface area contributed by atoms with E-state index in [1.807, 2.05) is 103 Å². The SMILES string of the molecule is CCCC(=O)N(CC(C)C(=Nc1ccccc1)Nc1ccccc1)c1ccccc1. The Hall–Kier alpha value is -3.40. The fourth-order valence-corrected chi connectivity index (χ4v) is 3.24. The van der Waals surface area contributed by atoms with E-state index in [-0.39, 0.29) is 11.8 Å². The fraction of sp³-hybridized carbons (Fsp3) is 0.231. The van der Waals surface area contributed by atoms with E-state index in [1.54, 1.807) is 0 Å². The first kappa shape index (κ1) is 21.3. The number of rotatable bonds is 8. The highest BCUT2D eigenvalue weighted by molar-refractivity contribution is 6.00. The number of anilines is 2. The first-order valence-corrected chi connectivity index (χ1v) is 10.5. The summed E-state index contributed by atoms with van der Waals surface area (Å²) in [5, 5.41) is 3.47. The molecule has 0 aliphatic rings. The molecule has 0 radical (unpaired) electrons. The lowest BCUT2D eigenvalue weighted by molar-refractivity contribution is -0.118. The van der Waals surface area contributed by atoms with Gasteiger partial charge in [0.2, 0.25) is 5.91 Å². The van der Waals surface area contributed by atoms with Crippen LogP contribution in [0.2, 0.25) is 0 Å². The lowest BCUT2D eigenvalue weighted by Gasteiger charge is -2.27. The van der Waals surface area contributed by atoms with E-state index in [0.29, 0.717) is 13.0 Å². The summed E-state index contributed by atoms with van der Waals surface area (Å²) in [5.41, 5.74) is 2.78. The van der Waals surface area contributed by atoms with Gasteiger partial charge in [0, 0.05) is 30.3 Å². The number of nitrogens with zero attached hydrogens (tertiary/aromatic N) is 2. The van der Waals surface area contributed by atoms with Gasteiger partial charge in [-0.1, -0.05) is 68.4 Å². The second-order valence-electron chi connectivity index (χ2n) is 7.31. The van der Waals surface area contributed by atoms with Crippen molar-refractivity contribution in [1.82, 2.24) is 0 Å². The van der Waals surface area contributed by atoms with Crippen molar-refractivity contribution in [3.63, 3.8) is 0 Å². The standard InChI is InChI=1S/C26H29N3O/c1-3-13-25(30)29(24-18-11-6-12-19-24)20-21(2)26(27-22-14-7-4-8-15-22)28-23-16-9-5-10-17-23/h4-12,14-19,21H,3,13,20H2,1-2H3,(H,27,28). The summed E-state index contributed by atoms with van der Waals surface area (Å²) in [6, 6.07) is 29.8. The van der Waals surface area contributed by atoms with Gasteiger partial charge in [-0.05, 0) is 42.8 Å². The largest absolute Gasteiger partial charge is 0.343 e. The summed E-state index contributed by atoms with van der Waals surface area (Å²) in [6.07, 6.45) is 1.35. The predicted octanol–water partition coefficient (Wildman–Crippen LogP) is 6.30. The van der Waals surface area contributed by atoms with Crippen molar-refractivity contribution in [2.24, 2.45) is 10.9 Å². The minimum absolute atomic E-state index is 0.00595. The predicted molar refractivity (Wildman–Crippen MR) is 126 cm³/mol. The molecule has 0 bridgehead atoms. The minimum atomic E-state index is 0.00595. The Morgan fingerprint density at radius 1 is 0.900 bits per heavy atom. The summed E-state index contributed by atoms with van der Waals surface area (Å²) >= 11 is 0. The van der Waals surface area contributed by atoms with Crippen LogP contribution in [-0.4, -0.2) is 18.3 Å². The van der Waals surface area contributed by atoms with Crippen LogP contribution in [0.5, 0.6) is 0 Å². The van der Waals surface area contributed by atoms with Crippen molar-refractivity contribution < 1.29 is 4.79 Å². The molecule has 0 saturated heterocycles. The molecule has 1 amide bonds. The van der Waals surface area contributed by atoms with Crippen LogP contribution in [0.4, 0.5) is 17.1 Å². The van der Waals surface area contributed by atoms with Gasteiger partial charge in [-0.25, -0.2) is 4.99 Å². The average molecular weight is 400 g/mol. The van der Waals surface area contributed by atoms with Crippen molar-refractivity contribution in [3.05, 3.63) is 91.0 Å². The van der Waals surface area contributed by atoms with Crippen LogP contribution < -0.4 is 10.2 Å². The van der Waals surface area contributed by atoms with Gasteiger partial charge in [0.05, 0.1) is 5.69 Å². The van der Waals surface area contributed by atoms with Crippen molar-refractivity contribution in [3.8, 4) is 0 Å². The molecule has 1 N–H and O–H groups in total. The van der Waals surface area contributed by atoms with Crippen molar-refractivity contribution in [1.29, 1.82) is 0 Å². The van der Waals surface area contributed by atoms with E-state index in [0.717, 1.165) is 29.3 Å². The number of nitrogens with one attached hydrogen (secondary N) is 1. The Labute approximate surface area is 179 Å². The molecule has 0 fully saturated rings. The third-order valence-corrected chi connectivity index (χ3v) is 4.81. The Morgan fingerprint density at radius 3 is 2.07 bits per heavy atom. The molecule has 154 valence electrons. The molecule has 3 aromatic rings. The van der Waals surface area contributed by atoms with Crippen LogP contribution in [0.1, 0.15) is 26.7 Å². The maximum Gasteiger partial charge on any atom is 0.226 e. The van der Waals surface area contributed by atoms with Crippen LogP contribution in [0.15, 0.2) is 96.0 Å². The smallest absolute Gasteiger partial charge is 0.226 e. The van der Waals surface area contributed by atoms with Gasteiger partial charge in [-0.15, -0.1) is 0 Å². The van der Waals surface area contributed by atoms with Crippen molar-refractivity contribution in [2.75, 3.05) is 16.8 Å². The first-order chi connectivity index (χ1) is 14.7.